The van der Waals surface area contributed by atoms with Crippen molar-refractivity contribution in [3.63, 3.8) is 0 Å². The second-order valence-electron chi connectivity index (χ2n) is 5.37. The molecule has 19 heavy (non-hydrogen) atoms. The fraction of sp³-hybridized carbons (Fsp3) is 0.467. The van der Waals surface area contributed by atoms with Crippen molar-refractivity contribution in [1.82, 2.24) is 0 Å². The summed E-state index contributed by atoms with van der Waals surface area (Å²) in [6, 6.07) is 5.28. The number of nitrogens with zero attached hydrogens (tertiary/aromatic N) is 2. The summed E-state index contributed by atoms with van der Waals surface area (Å²) in [5.41, 5.74) is 9.20. The van der Waals surface area contributed by atoms with Crippen molar-refractivity contribution in [2.24, 2.45) is 16.8 Å². The molecule has 4 nitrogen and oxygen atoms in total. The summed E-state index contributed by atoms with van der Waals surface area (Å²) in [5.74, 6) is 0.498. The number of hydrogen-bond acceptors (Lipinski definition) is 2. The number of benzene rings is 1. The molecule has 104 valence electrons. The van der Waals surface area contributed by atoms with E-state index in [1.807, 2.05) is 39.0 Å². The van der Waals surface area contributed by atoms with Crippen LogP contribution in [0.4, 0.5) is 10.5 Å². The molecule has 0 aliphatic rings. The van der Waals surface area contributed by atoms with E-state index < -0.39 is 6.03 Å². The van der Waals surface area contributed by atoms with E-state index in [1.54, 1.807) is 0 Å². The molecule has 0 aliphatic heterocycles. The van der Waals surface area contributed by atoms with Crippen LogP contribution in [0.5, 0.6) is 0 Å². The van der Waals surface area contributed by atoms with Gasteiger partial charge in [0.05, 0.1) is 5.69 Å². The Balaban J connectivity index is 3.11. The number of primary amides is 1. The van der Waals surface area contributed by atoms with Crippen molar-refractivity contribution in [3.8, 4) is 0 Å². The van der Waals surface area contributed by atoms with E-state index in [0.29, 0.717) is 5.92 Å². The Kier molecular flexibility index (Phi) is 5.10. The maximum Gasteiger partial charge on any atom is 0.340 e. The first-order valence-electron chi connectivity index (χ1n) is 6.52. The smallest absolute Gasteiger partial charge is 0.340 e. The minimum Gasteiger partial charge on any atom is -0.350 e. The number of amides is 2. The molecule has 4 heteroatoms. The van der Waals surface area contributed by atoms with Crippen LogP contribution in [0, 0.1) is 19.8 Å². The van der Waals surface area contributed by atoms with Gasteiger partial charge >= 0.3 is 6.03 Å². The molecular formula is C15H23N3O. The number of nitrogens with two attached hydrogens (primary N) is 1. The van der Waals surface area contributed by atoms with E-state index in [1.165, 1.54) is 5.01 Å². The molecule has 0 fully saturated rings. The zero-order valence-electron chi connectivity index (χ0n) is 12.4. The fourth-order valence-electron chi connectivity index (χ4n) is 2.07. The average Bonchev–Trinajstić information content (AvgIpc) is 2.25. The van der Waals surface area contributed by atoms with Gasteiger partial charge in [-0.2, -0.15) is 10.1 Å². The first-order valence-corrected chi connectivity index (χ1v) is 6.52. The Labute approximate surface area is 115 Å². The van der Waals surface area contributed by atoms with E-state index >= 15 is 0 Å². The van der Waals surface area contributed by atoms with Crippen LogP contribution in [0.15, 0.2) is 23.3 Å². The van der Waals surface area contributed by atoms with Gasteiger partial charge in [0.1, 0.15) is 0 Å². The molecule has 0 unspecified atom stereocenters. The number of anilines is 1. The molecular weight excluding hydrogens is 238 g/mol. The van der Waals surface area contributed by atoms with Crippen molar-refractivity contribution < 1.29 is 4.79 Å². The lowest BCUT2D eigenvalue weighted by atomic mass is 10.1. The Morgan fingerprint density at radius 1 is 1.37 bits per heavy atom. The van der Waals surface area contributed by atoms with Gasteiger partial charge in [0, 0.05) is 5.71 Å². The predicted octanol–water partition coefficient (Wildman–Crippen LogP) is 3.61. The van der Waals surface area contributed by atoms with Gasteiger partial charge in [-0.05, 0) is 44.7 Å². The monoisotopic (exact) mass is 261 g/mol. The van der Waals surface area contributed by atoms with Crippen LogP contribution in [-0.4, -0.2) is 11.7 Å². The lowest BCUT2D eigenvalue weighted by molar-refractivity contribution is 0.254. The molecule has 1 aromatic rings. The number of hydrogen-bond donors (Lipinski definition) is 1. The molecule has 0 saturated heterocycles. The molecule has 2 amide bonds. The topological polar surface area (TPSA) is 58.7 Å². The zero-order valence-corrected chi connectivity index (χ0v) is 12.4. The van der Waals surface area contributed by atoms with Gasteiger partial charge in [0.2, 0.25) is 0 Å². The van der Waals surface area contributed by atoms with Gasteiger partial charge in [-0.3, -0.25) is 0 Å². The Morgan fingerprint density at radius 2 is 2.00 bits per heavy atom. The Bertz CT molecular complexity index is 492. The first kappa shape index (κ1) is 15.2. The molecule has 0 aromatic heterocycles. The number of aryl methyl sites for hydroxylation is 2. The third kappa shape index (κ3) is 4.39. The average molecular weight is 261 g/mol. The number of rotatable bonds is 4. The predicted molar refractivity (Wildman–Crippen MR) is 80.5 cm³/mol. The van der Waals surface area contributed by atoms with Crippen LogP contribution < -0.4 is 10.7 Å². The quantitative estimate of drug-likeness (QED) is 0.653. The first-order chi connectivity index (χ1) is 8.81. The van der Waals surface area contributed by atoms with Crippen LogP contribution in [0.3, 0.4) is 0 Å². The van der Waals surface area contributed by atoms with Crippen LogP contribution in [0.25, 0.3) is 0 Å². The molecule has 0 atom stereocenters. The molecule has 0 saturated carbocycles. The molecule has 1 aromatic carbocycles. The molecule has 0 bridgehead atoms. The van der Waals surface area contributed by atoms with Crippen LogP contribution in [-0.2, 0) is 0 Å². The normalized spacial score (nSPS) is 11.8. The second-order valence-corrected chi connectivity index (χ2v) is 5.37. The van der Waals surface area contributed by atoms with Gasteiger partial charge in [-0.1, -0.05) is 31.5 Å². The largest absolute Gasteiger partial charge is 0.350 e. The maximum absolute atomic E-state index is 11.6. The summed E-state index contributed by atoms with van der Waals surface area (Å²) >= 11 is 0. The Morgan fingerprint density at radius 3 is 2.47 bits per heavy atom. The summed E-state index contributed by atoms with van der Waals surface area (Å²) in [4.78, 5) is 11.6. The van der Waals surface area contributed by atoms with Gasteiger partial charge in [0.15, 0.2) is 0 Å². The lowest BCUT2D eigenvalue weighted by Gasteiger charge is -2.19. The standard InChI is InChI=1S/C15H23N3O/c1-10(2)8-13(5)17-18(15(16)19)14-7-6-11(3)9-12(14)4/h6-7,9-10H,8H2,1-5H3,(H2,16,19). The summed E-state index contributed by atoms with van der Waals surface area (Å²) in [6.07, 6.45) is 0.842. The number of hydrazone groups is 1. The van der Waals surface area contributed by atoms with Gasteiger partial charge < -0.3 is 5.73 Å². The SMILES string of the molecule is CC(CC(C)C)=NN(C(N)=O)c1ccc(C)cc1C. The molecule has 2 N–H and O–H groups in total. The highest BCUT2D eigenvalue weighted by Crippen LogP contribution is 2.22. The molecule has 0 spiro atoms. The van der Waals surface area contributed by atoms with E-state index in [9.17, 15) is 4.79 Å². The third-order valence-corrected chi connectivity index (χ3v) is 2.76. The molecule has 0 aliphatic carbocycles. The van der Waals surface area contributed by atoms with Crippen molar-refractivity contribution >= 4 is 17.4 Å². The van der Waals surface area contributed by atoms with Crippen molar-refractivity contribution in [2.75, 3.05) is 5.01 Å². The number of carbonyl (C=O) groups is 1. The third-order valence-electron chi connectivity index (χ3n) is 2.76. The second kappa shape index (κ2) is 6.36. The number of urea groups is 1. The summed E-state index contributed by atoms with van der Waals surface area (Å²) in [7, 11) is 0. The summed E-state index contributed by atoms with van der Waals surface area (Å²) < 4.78 is 0. The van der Waals surface area contributed by atoms with E-state index in [4.69, 9.17) is 5.73 Å². The van der Waals surface area contributed by atoms with Gasteiger partial charge in [-0.25, -0.2) is 4.79 Å². The minimum atomic E-state index is -0.560. The Hall–Kier alpha value is -1.84. The van der Waals surface area contributed by atoms with Crippen LogP contribution >= 0.6 is 0 Å². The summed E-state index contributed by atoms with van der Waals surface area (Å²) in [5, 5.41) is 5.64. The highest BCUT2D eigenvalue weighted by atomic mass is 16.2. The summed E-state index contributed by atoms with van der Waals surface area (Å²) in [6.45, 7) is 10.1. The van der Waals surface area contributed by atoms with Crippen LogP contribution in [0.2, 0.25) is 0 Å². The van der Waals surface area contributed by atoms with Crippen molar-refractivity contribution in [1.29, 1.82) is 0 Å². The highest BCUT2D eigenvalue weighted by Gasteiger charge is 2.14. The molecule has 1 rings (SSSR count). The van der Waals surface area contributed by atoms with Gasteiger partial charge in [0.25, 0.3) is 0 Å². The molecule has 0 radical (unpaired) electrons. The van der Waals surface area contributed by atoms with E-state index in [2.05, 4.69) is 18.9 Å². The van der Waals surface area contributed by atoms with Gasteiger partial charge in [-0.15, -0.1) is 0 Å². The number of carbonyl (C=O) groups excluding carboxylic acids is 1. The van der Waals surface area contributed by atoms with E-state index in [0.717, 1.165) is 28.9 Å². The van der Waals surface area contributed by atoms with E-state index in [-0.39, 0.29) is 0 Å². The molecule has 0 heterocycles. The lowest BCUT2D eigenvalue weighted by Crippen LogP contribution is -2.32. The maximum atomic E-state index is 11.6. The van der Waals surface area contributed by atoms with Crippen molar-refractivity contribution in [2.45, 2.75) is 41.0 Å². The minimum absolute atomic E-state index is 0.498. The van der Waals surface area contributed by atoms with Crippen LogP contribution in [0.1, 0.15) is 38.3 Å². The zero-order chi connectivity index (χ0) is 14.6. The van der Waals surface area contributed by atoms with Crippen molar-refractivity contribution in [3.05, 3.63) is 29.3 Å². The fourth-order valence-corrected chi connectivity index (χ4v) is 2.07. The highest BCUT2D eigenvalue weighted by molar-refractivity contribution is 5.94.